The number of ether oxygens (including phenoxy) is 1. The average molecular weight is 291 g/mol. The Morgan fingerprint density at radius 1 is 1.10 bits per heavy atom. The first kappa shape index (κ1) is 15.4. The van der Waals surface area contributed by atoms with Gasteiger partial charge < -0.3 is 10.1 Å². The molecule has 1 unspecified atom stereocenters. The second-order valence-corrected chi connectivity index (χ2v) is 4.82. The van der Waals surface area contributed by atoms with Crippen LogP contribution in [-0.2, 0) is 6.61 Å². The molecule has 0 saturated heterocycles. The fraction of sp³-hybridized carbons (Fsp3) is 0.294. The van der Waals surface area contributed by atoms with E-state index in [2.05, 4.69) is 12.2 Å². The van der Waals surface area contributed by atoms with Crippen molar-refractivity contribution in [2.45, 2.75) is 26.0 Å². The molecule has 0 fully saturated rings. The minimum absolute atomic E-state index is 0.200. The van der Waals surface area contributed by atoms with E-state index in [0.717, 1.165) is 29.9 Å². The summed E-state index contributed by atoms with van der Waals surface area (Å²) in [6.07, 6.45) is 0.933. The molecule has 0 aliphatic rings. The van der Waals surface area contributed by atoms with Gasteiger partial charge in [-0.25, -0.2) is 8.78 Å². The van der Waals surface area contributed by atoms with Crippen molar-refractivity contribution in [3.63, 3.8) is 0 Å². The molecule has 2 rings (SSSR count). The molecular weight excluding hydrogens is 272 g/mol. The van der Waals surface area contributed by atoms with E-state index in [1.54, 1.807) is 0 Å². The van der Waals surface area contributed by atoms with Gasteiger partial charge in [0.2, 0.25) is 0 Å². The van der Waals surface area contributed by atoms with E-state index in [0.29, 0.717) is 5.56 Å². The topological polar surface area (TPSA) is 21.3 Å². The molecule has 2 aromatic carbocycles. The smallest absolute Gasteiger partial charge is 0.159 e. The fourth-order valence-electron chi connectivity index (χ4n) is 2.27. The predicted octanol–water partition coefficient (Wildman–Crippen LogP) is 4.21. The summed E-state index contributed by atoms with van der Waals surface area (Å²) in [4.78, 5) is 0. The molecule has 0 spiro atoms. The molecule has 0 amide bonds. The Morgan fingerprint density at radius 2 is 1.86 bits per heavy atom. The molecule has 0 saturated carbocycles. The maximum atomic E-state index is 13.2. The quantitative estimate of drug-likeness (QED) is 0.860. The molecule has 4 heteroatoms. The van der Waals surface area contributed by atoms with Gasteiger partial charge in [0.05, 0.1) is 0 Å². The summed E-state index contributed by atoms with van der Waals surface area (Å²) in [5, 5.41) is 3.23. The van der Waals surface area contributed by atoms with Crippen LogP contribution in [0.5, 0.6) is 5.75 Å². The summed E-state index contributed by atoms with van der Waals surface area (Å²) in [5.41, 5.74) is 1.66. The Labute approximate surface area is 123 Å². The Balaban J connectivity index is 2.14. The van der Waals surface area contributed by atoms with Gasteiger partial charge in [0.1, 0.15) is 12.4 Å². The van der Waals surface area contributed by atoms with E-state index in [9.17, 15) is 8.78 Å². The minimum Gasteiger partial charge on any atom is -0.489 e. The SMILES string of the molecule is CCC(NC)c1ccccc1OCc1ccc(F)c(F)c1. The summed E-state index contributed by atoms with van der Waals surface area (Å²) in [7, 11) is 1.90. The number of benzene rings is 2. The normalized spacial score (nSPS) is 12.2. The van der Waals surface area contributed by atoms with E-state index in [-0.39, 0.29) is 12.6 Å². The van der Waals surface area contributed by atoms with Gasteiger partial charge in [-0.1, -0.05) is 31.2 Å². The van der Waals surface area contributed by atoms with Gasteiger partial charge in [-0.15, -0.1) is 0 Å². The van der Waals surface area contributed by atoms with Gasteiger partial charge in [0.25, 0.3) is 0 Å². The summed E-state index contributed by atoms with van der Waals surface area (Å²) >= 11 is 0. The third-order valence-corrected chi connectivity index (χ3v) is 3.43. The van der Waals surface area contributed by atoms with Gasteiger partial charge in [-0.05, 0) is 37.2 Å². The van der Waals surface area contributed by atoms with Crippen molar-refractivity contribution >= 4 is 0 Å². The Hall–Kier alpha value is -1.94. The van der Waals surface area contributed by atoms with Crippen LogP contribution in [0.1, 0.15) is 30.5 Å². The predicted molar refractivity (Wildman–Crippen MR) is 79.2 cm³/mol. The first-order chi connectivity index (χ1) is 10.2. The lowest BCUT2D eigenvalue weighted by Gasteiger charge is -2.18. The fourth-order valence-corrected chi connectivity index (χ4v) is 2.27. The molecule has 0 heterocycles. The second kappa shape index (κ2) is 7.18. The van der Waals surface area contributed by atoms with Crippen molar-refractivity contribution in [2.24, 2.45) is 0 Å². The summed E-state index contributed by atoms with van der Waals surface area (Å²) in [6, 6.07) is 11.7. The number of hydrogen-bond acceptors (Lipinski definition) is 2. The molecule has 2 nitrogen and oxygen atoms in total. The number of para-hydroxylation sites is 1. The number of halogens is 2. The summed E-state index contributed by atoms with van der Waals surface area (Å²) < 4.78 is 31.9. The van der Waals surface area contributed by atoms with Crippen LogP contribution in [0.15, 0.2) is 42.5 Å². The van der Waals surface area contributed by atoms with Crippen molar-refractivity contribution in [3.05, 3.63) is 65.2 Å². The Bertz CT molecular complexity index is 597. The lowest BCUT2D eigenvalue weighted by molar-refractivity contribution is 0.298. The minimum atomic E-state index is -0.856. The van der Waals surface area contributed by atoms with E-state index in [1.807, 2.05) is 31.3 Å². The maximum Gasteiger partial charge on any atom is 0.159 e. The van der Waals surface area contributed by atoms with Crippen LogP contribution in [-0.4, -0.2) is 7.05 Å². The average Bonchev–Trinajstić information content (AvgIpc) is 2.51. The van der Waals surface area contributed by atoms with Crippen molar-refractivity contribution in [3.8, 4) is 5.75 Å². The monoisotopic (exact) mass is 291 g/mol. The molecule has 21 heavy (non-hydrogen) atoms. The van der Waals surface area contributed by atoms with E-state index in [1.165, 1.54) is 6.07 Å². The number of hydrogen-bond donors (Lipinski definition) is 1. The summed E-state index contributed by atoms with van der Waals surface area (Å²) in [6.45, 7) is 2.29. The first-order valence-corrected chi connectivity index (χ1v) is 6.98. The van der Waals surface area contributed by atoms with Gasteiger partial charge in [0.15, 0.2) is 11.6 Å². The number of nitrogens with one attached hydrogen (secondary N) is 1. The zero-order valence-corrected chi connectivity index (χ0v) is 12.2. The van der Waals surface area contributed by atoms with E-state index in [4.69, 9.17) is 4.74 Å². The lowest BCUT2D eigenvalue weighted by atomic mass is 10.0. The highest BCUT2D eigenvalue weighted by atomic mass is 19.2. The molecule has 2 aromatic rings. The molecule has 0 radical (unpaired) electrons. The van der Waals surface area contributed by atoms with Crippen LogP contribution < -0.4 is 10.1 Å². The Kier molecular flexibility index (Phi) is 5.28. The molecule has 0 aliphatic carbocycles. The maximum absolute atomic E-state index is 13.2. The zero-order valence-electron chi connectivity index (χ0n) is 12.2. The van der Waals surface area contributed by atoms with Gasteiger partial charge in [-0.3, -0.25) is 0 Å². The largest absolute Gasteiger partial charge is 0.489 e. The highest BCUT2D eigenvalue weighted by Crippen LogP contribution is 2.27. The van der Waals surface area contributed by atoms with Gasteiger partial charge in [-0.2, -0.15) is 0 Å². The summed E-state index contributed by atoms with van der Waals surface area (Å²) in [5.74, 6) is -0.949. The first-order valence-electron chi connectivity index (χ1n) is 6.98. The van der Waals surface area contributed by atoms with Crippen LogP contribution in [0.4, 0.5) is 8.78 Å². The Morgan fingerprint density at radius 3 is 2.52 bits per heavy atom. The molecule has 1 N–H and O–H groups in total. The zero-order chi connectivity index (χ0) is 15.2. The second-order valence-electron chi connectivity index (χ2n) is 4.82. The highest BCUT2D eigenvalue weighted by molar-refractivity contribution is 5.36. The van der Waals surface area contributed by atoms with Crippen molar-refractivity contribution in [1.29, 1.82) is 0 Å². The standard InChI is InChI=1S/C17H19F2NO/c1-3-16(20-2)13-6-4-5-7-17(13)21-11-12-8-9-14(18)15(19)10-12/h4-10,16,20H,3,11H2,1-2H3. The number of rotatable bonds is 6. The highest BCUT2D eigenvalue weighted by Gasteiger charge is 2.12. The molecule has 0 aromatic heterocycles. The van der Waals surface area contributed by atoms with Gasteiger partial charge in [0, 0.05) is 11.6 Å². The molecule has 0 aliphatic heterocycles. The van der Waals surface area contributed by atoms with Crippen molar-refractivity contribution in [2.75, 3.05) is 7.05 Å². The van der Waals surface area contributed by atoms with Crippen LogP contribution in [0.3, 0.4) is 0 Å². The van der Waals surface area contributed by atoms with Crippen molar-refractivity contribution < 1.29 is 13.5 Å². The van der Waals surface area contributed by atoms with E-state index < -0.39 is 11.6 Å². The van der Waals surface area contributed by atoms with Crippen LogP contribution >= 0.6 is 0 Å². The lowest BCUT2D eigenvalue weighted by Crippen LogP contribution is -2.16. The molecule has 0 bridgehead atoms. The van der Waals surface area contributed by atoms with Crippen LogP contribution in [0, 0.1) is 11.6 Å². The van der Waals surface area contributed by atoms with E-state index >= 15 is 0 Å². The van der Waals surface area contributed by atoms with Crippen LogP contribution in [0.2, 0.25) is 0 Å². The van der Waals surface area contributed by atoms with Gasteiger partial charge >= 0.3 is 0 Å². The molecular formula is C17H19F2NO. The molecule has 112 valence electrons. The van der Waals surface area contributed by atoms with Crippen LogP contribution in [0.25, 0.3) is 0 Å². The molecule has 1 atom stereocenters. The third-order valence-electron chi connectivity index (χ3n) is 3.43. The third kappa shape index (κ3) is 3.79. The van der Waals surface area contributed by atoms with Crippen molar-refractivity contribution in [1.82, 2.24) is 5.32 Å².